The van der Waals surface area contributed by atoms with Crippen LogP contribution in [0.25, 0.3) is 49.3 Å². The van der Waals surface area contributed by atoms with Crippen LogP contribution in [0.2, 0.25) is 0 Å². The summed E-state index contributed by atoms with van der Waals surface area (Å²) >= 11 is 0. The minimum atomic E-state index is -3.01. The van der Waals surface area contributed by atoms with E-state index >= 15 is 0 Å². The fourth-order valence-corrected chi connectivity index (χ4v) is 14.3. The van der Waals surface area contributed by atoms with Crippen LogP contribution in [0.4, 0.5) is 17.2 Å². The van der Waals surface area contributed by atoms with Crippen LogP contribution in [0.3, 0.4) is 0 Å². The maximum absolute atomic E-state index is 6.86. The molecule has 7 heteroatoms. The number of pyridine rings is 2. The van der Waals surface area contributed by atoms with E-state index in [0.29, 0.717) is 0 Å². The van der Waals surface area contributed by atoms with E-state index in [2.05, 4.69) is 167 Å². The number of rotatable bonds is 5. The average Bonchev–Trinajstić information content (AvgIpc) is 3.92. The summed E-state index contributed by atoms with van der Waals surface area (Å²) in [5.41, 5.74) is 5.80. The summed E-state index contributed by atoms with van der Waals surface area (Å²) < 4.78 is 15.6. The molecule has 0 spiro atoms. The van der Waals surface area contributed by atoms with Gasteiger partial charge in [-0.2, -0.15) is 0 Å². The first kappa shape index (κ1) is 31.8. The number of aromatic nitrogens is 3. The molecule has 1 aliphatic rings. The number of hydrogen-bond acceptors (Lipinski definition) is 5. The molecule has 268 valence electrons. The molecule has 7 aromatic carbocycles. The SMILES string of the molecule is c1ccc([Si]2(c3ccccc3)c3ccc(Oc4ccc5c6ccccc6n6ccnc6c5c4)cc3N(c3ccccn3)c3cc4oc5ccccc5c4cc32)cc1. The molecule has 0 aliphatic carbocycles. The molecule has 5 heterocycles. The van der Waals surface area contributed by atoms with Crippen molar-refractivity contribution >= 4 is 95.3 Å². The Morgan fingerprint density at radius 2 is 1.18 bits per heavy atom. The van der Waals surface area contributed by atoms with Crippen LogP contribution in [0.15, 0.2) is 199 Å². The molecule has 0 bridgehead atoms. The van der Waals surface area contributed by atoms with Crippen LogP contribution in [0, 0.1) is 0 Å². The van der Waals surface area contributed by atoms with Gasteiger partial charge in [-0.25, -0.2) is 9.97 Å². The lowest BCUT2D eigenvalue weighted by Gasteiger charge is -2.44. The molecular formula is C50H32N4O2Si. The number of furan rings is 1. The quantitative estimate of drug-likeness (QED) is 0.130. The van der Waals surface area contributed by atoms with Gasteiger partial charge >= 0.3 is 0 Å². The molecule has 0 saturated heterocycles. The number of para-hydroxylation sites is 2. The van der Waals surface area contributed by atoms with E-state index in [4.69, 9.17) is 19.1 Å². The number of hydrogen-bond donors (Lipinski definition) is 0. The molecule has 0 atom stereocenters. The molecule has 0 radical (unpaired) electrons. The first-order valence-electron chi connectivity index (χ1n) is 19.1. The summed E-state index contributed by atoms with van der Waals surface area (Å²) in [5.74, 6) is 2.28. The van der Waals surface area contributed by atoms with E-state index in [9.17, 15) is 0 Å². The van der Waals surface area contributed by atoms with E-state index in [1.54, 1.807) is 0 Å². The molecule has 0 fully saturated rings. The number of imidazole rings is 1. The van der Waals surface area contributed by atoms with Gasteiger partial charge in [0.1, 0.15) is 34.1 Å². The molecule has 0 unspecified atom stereocenters. The fourth-order valence-electron chi connectivity index (χ4n) is 9.25. The van der Waals surface area contributed by atoms with Gasteiger partial charge in [0.2, 0.25) is 0 Å². The second kappa shape index (κ2) is 12.3. The Morgan fingerprint density at radius 3 is 1.98 bits per heavy atom. The zero-order chi connectivity index (χ0) is 37.5. The van der Waals surface area contributed by atoms with Crippen LogP contribution in [-0.2, 0) is 0 Å². The summed E-state index contributed by atoms with van der Waals surface area (Å²) in [6.45, 7) is 0. The van der Waals surface area contributed by atoms with Crippen LogP contribution < -0.4 is 30.4 Å². The third-order valence-corrected chi connectivity index (χ3v) is 16.4. The Kier molecular flexibility index (Phi) is 6.85. The van der Waals surface area contributed by atoms with E-state index < -0.39 is 8.07 Å². The number of anilines is 3. The maximum Gasteiger partial charge on any atom is 0.184 e. The van der Waals surface area contributed by atoms with Crippen molar-refractivity contribution in [3.63, 3.8) is 0 Å². The highest BCUT2D eigenvalue weighted by molar-refractivity contribution is 7.21. The molecule has 12 rings (SSSR count). The summed E-state index contributed by atoms with van der Waals surface area (Å²) in [4.78, 5) is 12.0. The normalized spacial score (nSPS) is 13.4. The van der Waals surface area contributed by atoms with Crippen molar-refractivity contribution in [2.75, 3.05) is 4.90 Å². The van der Waals surface area contributed by atoms with Gasteiger partial charge in [0.05, 0.1) is 16.9 Å². The number of nitrogens with zero attached hydrogens (tertiary/aromatic N) is 4. The Balaban J connectivity index is 1.13. The molecule has 57 heavy (non-hydrogen) atoms. The van der Waals surface area contributed by atoms with Gasteiger partial charge in [-0.15, -0.1) is 0 Å². The van der Waals surface area contributed by atoms with Crippen LogP contribution in [0.1, 0.15) is 0 Å². The van der Waals surface area contributed by atoms with Crippen LogP contribution in [0.5, 0.6) is 11.5 Å². The van der Waals surface area contributed by atoms with Gasteiger partial charge in [-0.05, 0) is 80.7 Å². The van der Waals surface area contributed by atoms with Crippen LogP contribution >= 0.6 is 0 Å². The topological polar surface area (TPSA) is 55.8 Å². The first-order chi connectivity index (χ1) is 28.3. The van der Waals surface area contributed by atoms with Crippen molar-refractivity contribution in [1.82, 2.24) is 14.4 Å². The zero-order valence-corrected chi connectivity index (χ0v) is 31.6. The van der Waals surface area contributed by atoms with Gasteiger partial charge in [-0.3, -0.25) is 9.30 Å². The van der Waals surface area contributed by atoms with E-state index in [1.807, 2.05) is 36.8 Å². The Hall–Kier alpha value is -7.48. The summed E-state index contributed by atoms with van der Waals surface area (Å²) in [7, 11) is -3.01. The molecule has 6 nitrogen and oxygen atoms in total. The number of benzene rings is 7. The largest absolute Gasteiger partial charge is 0.457 e. The van der Waals surface area contributed by atoms with Crippen molar-refractivity contribution in [2.24, 2.45) is 0 Å². The smallest absolute Gasteiger partial charge is 0.184 e. The summed E-state index contributed by atoms with van der Waals surface area (Å²) in [6.07, 6.45) is 5.74. The predicted octanol–water partition coefficient (Wildman–Crippen LogP) is 9.89. The lowest BCUT2D eigenvalue weighted by molar-refractivity contribution is 0.484. The van der Waals surface area contributed by atoms with Crippen molar-refractivity contribution in [3.05, 3.63) is 195 Å². The summed E-state index contributed by atoms with van der Waals surface area (Å²) in [6, 6.07) is 62.6. The Labute approximate surface area is 328 Å². The fraction of sp³-hybridized carbons (Fsp3) is 0. The van der Waals surface area contributed by atoms with Crippen LogP contribution in [-0.4, -0.2) is 22.4 Å². The molecule has 11 aromatic rings. The average molecular weight is 749 g/mol. The highest BCUT2D eigenvalue weighted by Gasteiger charge is 2.49. The molecule has 0 amide bonds. The Morgan fingerprint density at radius 1 is 0.474 bits per heavy atom. The minimum Gasteiger partial charge on any atom is -0.457 e. The van der Waals surface area contributed by atoms with Crippen molar-refractivity contribution in [3.8, 4) is 11.5 Å². The third kappa shape index (κ3) is 4.63. The third-order valence-electron chi connectivity index (χ3n) is 11.6. The molecule has 4 aromatic heterocycles. The summed E-state index contributed by atoms with van der Waals surface area (Å²) in [5, 5.41) is 10.7. The maximum atomic E-state index is 6.86. The highest BCUT2D eigenvalue weighted by Crippen LogP contribution is 2.43. The molecule has 0 N–H and O–H groups in total. The lowest BCUT2D eigenvalue weighted by atomic mass is 10.1. The number of ether oxygens (including phenoxy) is 1. The monoisotopic (exact) mass is 748 g/mol. The first-order valence-corrected chi connectivity index (χ1v) is 21.1. The number of fused-ring (bicyclic) bond motifs is 11. The van der Waals surface area contributed by atoms with E-state index in [-0.39, 0.29) is 0 Å². The van der Waals surface area contributed by atoms with Gasteiger partial charge in [0.25, 0.3) is 0 Å². The lowest BCUT2D eigenvalue weighted by Crippen LogP contribution is -2.77. The van der Waals surface area contributed by atoms with Gasteiger partial charge < -0.3 is 9.15 Å². The van der Waals surface area contributed by atoms with Gasteiger partial charge in [0.15, 0.2) is 8.07 Å². The van der Waals surface area contributed by atoms with Crippen molar-refractivity contribution < 1.29 is 9.15 Å². The second-order valence-electron chi connectivity index (χ2n) is 14.6. The predicted molar refractivity (Wildman–Crippen MR) is 234 cm³/mol. The zero-order valence-electron chi connectivity index (χ0n) is 30.6. The van der Waals surface area contributed by atoms with Crippen molar-refractivity contribution in [1.29, 1.82) is 0 Å². The second-order valence-corrected chi connectivity index (χ2v) is 18.3. The van der Waals surface area contributed by atoms with Gasteiger partial charge in [0, 0.05) is 52.3 Å². The highest BCUT2D eigenvalue weighted by atomic mass is 28.3. The van der Waals surface area contributed by atoms with E-state index in [1.165, 1.54) is 26.1 Å². The van der Waals surface area contributed by atoms with Gasteiger partial charge in [-0.1, -0.05) is 109 Å². The van der Waals surface area contributed by atoms with E-state index in [0.717, 1.165) is 72.6 Å². The molecule has 0 saturated carbocycles. The minimum absolute atomic E-state index is 0.728. The Bertz CT molecular complexity index is 3300. The standard InChI is InChI=1S/C50H32N4O2Si/c1-3-13-35(14-4-1)57(36-15-5-2-6-16-36)47-25-23-34(55-33-22-24-37-38-17-7-9-19-42(38)53-28-27-52-50(53)41(37)29-33)30-43(47)54(49-21-11-12-26-51-49)44-32-46-40(31-48(44)57)39-18-8-10-20-45(39)56-46/h1-32H. The molecular weight excluding hydrogens is 717 g/mol. The van der Waals surface area contributed by atoms with Crippen molar-refractivity contribution in [2.45, 2.75) is 0 Å². The molecule has 1 aliphatic heterocycles.